The fourth-order valence-corrected chi connectivity index (χ4v) is 3.31. The number of aromatic nitrogens is 1. The number of carbonyl (C=O) groups is 1. The molecule has 3 unspecified atom stereocenters. The van der Waals surface area contributed by atoms with Crippen LogP contribution < -0.4 is 5.32 Å². The maximum Gasteiger partial charge on any atom is 0.270 e. The van der Waals surface area contributed by atoms with Crippen LogP contribution in [0, 0.1) is 18.3 Å². The van der Waals surface area contributed by atoms with Crippen LogP contribution in [0.5, 0.6) is 0 Å². The number of hydrogen-bond acceptors (Lipinski definition) is 3. The molecule has 0 saturated heterocycles. The van der Waals surface area contributed by atoms with Gasteiger partial charge in [-0.05, 0) is 19.1 Å². The molecule has 3 atom stereocenters. The minimum absolute atomic E-state index is 0.0480. The Morgan fingerprint density at radius 3 is 2.63 bits per heavy atom. The number of hydrogen-bond donors (Lipinski definition) is 1. The Kier molecular flexibility index (Phi) is 3.63. The van der Waals surface area contributed by atoms with Crippen molar-refractivity contribution in [2.75, 3.05) is 7.11 Å². The number of methoxy groups -OCH3 is 1. The number of pyridine rings is 1. The van der Waals surface area contributed by atoms with Gasteiger partial charge in [0.1, 0.15) is 5.69 Å². The summed E-state index contributed by atoms with van der Waals surface area (Å²) in [5.41, 5.74) is 1.28. The monoisotopic (exact) mass is 262 g/mol. The van der Waals surface area contributed by atoms with Crippen LogP contribution in [0.1, 0.15) is 37.0 Å². The Hall–Kier alpha value is -1.42. The molecule has 1 heterocycles. The number of amides is 1. The average Bonchev–Trinajstić information content (AvgIpc) is 2.35. The molecule has 4 nitrogen and oxygen atoms in total. The molecule has 0 bridgehead atoms. The van der Waals surface area contributed by atoms with E-state index >= 15 is 0 Å². The Bertz CT molecular complexity index is 485. The normalized spacial score (nSPS) is 28.6. The summed E-state index contributed by atoms with van der Waals surface area (Å²) in [5, 5.41) is 3.08. The zero-order chi connectivity index (χ0) is 14.2. The van der Waals surface area contributed by atoms with E-state index in [0.717, 1.165) is 5.69 Å². The summed E-state index contributed by atoms with van der Waals surface area (Å²) in [7, 11) is 1.73. The Balaban J connectivity index is 2.08. The van der Waals surface area contributed by atoms with Gasteiger partial charge in [0, 0.05) is 30.2 Å². The van der Waals surface area contributed by atoms with E-state index in [-0.39, 0.29) is 23.5 Å². The van der Waals surface area contributed by atoms with Crippen molar-refractivity contribution < 1.29 is 9.53 Å². The Labute approximate surface area is 114 Å². The molecule has 0 aromatic carbocycles. The van der Waals surface area contributed by atoms with Gasteiger partial charge in [0.2, 0.25) is 0 Å². The fourth-order valence-electron chi connectivity index (χ4n) is 3.31. The van der Waals surface area contributed by atoms with Crippen molar-refractivity contribution in [3.05, 3.63) is 29.6 Å². The van der Waals surface area contributed by atoms with Gasteiger partial charge in [-0.1, -0.05) is 26.8 Å². The summed E-state index contributed by atoms with van der Waals surface area (Å²) in [6, 6.07) is 5.59. The fraction of sp³-hybridized carbons (Fsp3) is 0.600. The van der Waals surface area contributed by atoms with Crippen LogP contribution in [0.4, 0.5) is 0 Å². The van der Waals surface area contributed by atoms with Crippen LogP contribution in [0.25, 0.3) is 0 Å². The van der Waals surface area contributed by atoms with Crippen LogP contribution in [-0.4, -0.2) is 30.1 Å². The largest absolute Gasteiger partial charge is 0.380 e. The highest BCUT2D eigenvalue weighted by molar-refractivity contribution is 5.92. The first-order chi connectivity index (χ1) is 8.87. The third kappa shape index (κ3) is 2.37. The second kappa shape index (κ2) is 4.93. The molecule has 2 rings (SSSR count). The average molecular weight is 262 g/mol. The third-order valence-corrected chi connectivity index (χ3v) is 4.20. The zero-order valence-electron chi connectivity index (χ0n) is 12.2. The highest BCUT2D eigenvalue weighted by Crippen LogP contribution is 2.46. The second-order valence-corrected chi connectivity index (χ2v) is 5.95. The minimum atomic E-state index is -0.108. The van der Waals surface area contributed by atoms with Gasteiger partial charge in [-0.2, -0.15) is 0 Å². The van der Waals surface area contributed by atoms with Crippen molar-refractivity contribution in [1.29, 1.82) is 0 Å². The van der Waals surface area contributed by atoms with E-state index in [1.807, 2.05) is 19.1 Å². The number of nitrogens with one attached hydrogen (secondary N) is 1. The van der Waals surface area contributed by atoms with E-state index in [2.05, 4.69) is 31.1 Å². The predicted octanol–water partition coefficient (Wildman–Crippen LogP) is 2.18. The SMILES string of the molecule is COC1C(C)C(NC(=O)c2cccc(C)n2)C1(C)C. The maximum absolute atomic E-state index is 12.2. The topological polar surface area (TPSA) is 51.2 Å². The molecule has 4 heteroatoms. The highest BCUT2D eigenvalue weighted by atomic mass is 16.5. The van der Waals surface area contributed by atoms with Gasteiger partial charge in [0.05, 0.1) is 6.10 Å². The summed E-state index contributed by atoms with van der Waals surface area (Å²) in [6.07, 6.45) is 0.184. The predicted molar refractivity (Wildman–Crippen MR) is 74.0 cm³/mol. The van der Waals surface area contributed by atoms with Gasteiger partial charge in [-0.25, -0.2) is 4.98 Å². The van der Waals surface area contributed by atoms with E-state index in [4.69, 9.17) is 4.74 Å². The van der Waals surface area contributed by atoms with Crippen molar-refractivity contribution in [2.24, 2.45) is 11.3 Å². The molecule has 1 aromatic heterocycles. The van der Waals surface area contributed by atoms with Gasteiger partial charge in [-0.15, -0.1) is 0 Å². The Morgan fingerprint density at radius 2 is 2.11 bits per heavy atom. The molecule has 1 amide bonds. The van der Waals surface area contributed by atoms with Crippen molar-refractivity contribution in [3.63, 3.8) is 0 Å². The smallest absolute Gasteiger partial charge is 0.270 e. The summed E-state index contributed by atoms with van der Waals surface area (Å²) in [5.74, 6) is 0.205. The molecule has 0 aliphatic heterocycles. The third-order valence-electron chi connectivity index (χ3n) is 4.20. The number of carbonyl (C=O) groups excluding carboxylic acids is 1. The molecule has 104 valence electrons. The van der Waals surface area contributed by atoms with Gasteiger partial charge in [0.15, 0.2) is 0 Å². The quantitative estimate of drug-likeness (QED) is 0.908. The molecule has 19 heavy (non-hydrogen) atoms. The summed E-state index contributed by atoms with van der Waals surface area (Å²) in [6.45, 7) is 8.23. The van der Waals surface area contributed by atoms with Gasteiger partial charge < -0.3 is 10.1 Å². The van der Waals surface area contributed by atoms with Gasteiger partial charge in [0.25, 0.3) is 5.91 Å². The van der Waals surface area contributed by atoms with E-state index < -0.39 is 0 Å². The van der Waals surface area contributed by atoms with Crippen LogP contribution in [0.2, 0.25) is 0 Å². The molecule has 0 radical (unpaired) electrons. The van der Waals surface area contributed by atoms with Crippen LogP contribution >= 0.6 is 0 Å². The Morgan fingerprint density at radius 1 is 1.42 bits per heavy atom. The lowest BCUT2D eigenvalue weighted by Gasteiger charge is -2.56. The molecule has 1 fully saturated rings. The second-order valence-electron chi connectivity index (χ2n) is 5.95. The number of aryl methyl sites for hydroxylation is 1. The summed E-state index contributed by atoms with van der Waals surface area (Å²) >= 11 is 0. The molecule has 1 saturated carbocycles. The summed E-state index contributed by atoms with van der Waals surface area (Å²) < 4.78 is 5.48. The summed E-state index contributed by atoms with van der Waals surface area (Å²) in [4.78, 5) is 16.5. The molecule has 1 aliphatic rings. The lowest BCUT2D eigenvalue weighted by atomic mass is 9.58. The van der Waals surface area contributed by atoms with Crippen LogP contribution in [0.15, 0.2) is 18.2 Å². The van der Waals surface area contributed by atoms with Crippen LogP contribution in [-0.2, 0) is 4.74 Å². The molecule has 1 aliphatic carbocycles. The highest BCUT2D eigenvalue weighted by Gasteiger charge is 2.55. The zero-order valence-corrected chi connectivity index (χ0v) is 12.2. The number of ether oxygens (including phenoxy) is 1. The molecule has 0 spiro atoms. The van der Waals surface area contributed by atoms with Crippen molar-refractivity contribution in [3.8, 4) is 0 Å². The van der Waals surface area contributed by atoms with Crippen molar-refractivity contribution >= 4 is 5.91 Å². The maximum atomic E-state index is 12.2. The van der Waals surface area contributed by atoms with E-state index in [0.29, 0.717) is 11.6 Å². The number of nitrogens with zero attached hydrogens (tertiary/aromatic N) is 1. The molecular formula is C15H22N2O2. The minimum Gasteiger partial charge on any atom is -0.380 e. The lowest BCUT2D eigenvalue weighted by molar-refractivity contribution is -0.141. The van der Waals surface area contributed by atoms with Gasteiger partial charge >= 0.3 is 0 Å². The van der Waals surface area contributed by atoms with Gasteiger partial charge in [-0.3, -0.25) is 4.79 Å². The number of rotatable bonds is 3. The lowest BCUT2D eigenvalue weighted by Crippen LogP contribution is -2.67. The molecule has 1 aromatic rings. The molecule has 1 N–H and O–H groups in total. The first kappa shape index (κ1) is 14.0. The van der Waals surface area contributed by atoms with E-state index in [1.54, 1.807) is 13.2 Å². The first-order valence-corrected chi connectivity index (χ1v) is 6.65. The standard InChI is InChI=1S/C15H22N2O2/c1-9-7-6-8-11(16-9)14(18)17-12-10(2)13(19-5)15(12,3)4/h6-8,10,12-13H,1-5H3,(H,17,18). The van der Waals surface area contributed by atoms with E-state index in [9.17, 15) is 4.79 Å². The van der Waals surface area contributed by atoms with E-state index in [1.165, 1.54) is 0 Å². The van der Waals surface area contributed by atoms with Crippen molar-refractivity contribution in [1.82, 2.24) is 10.3 Å². The first-order valence-electron chi connectivity index (χ1n) is 6.65. The van der Waals surface area contributed by atoms with Crippen molar-refractivity contribution in [2.45, 2.75) is 39.8 Å². The van der Waals surface area contributed by atoms with Crippen LogP contribution in [0.3, 0.4) is 0 Å². The molecular weight excluding hydrogens is 240 g/mol.